The molecule has 0 bridgehead atoms. The van der Waals surface area contributed by atoms with E-state index in [0.29, 0.717) is 11.2 Å². The third-order valence-electron chi connectivity index (χ3n) is 3.59. The predicted octanol–water partition coefficient (Wildman–Crippen LogP) is 2.10. The lowest BCUT2D eigenvalue weighted by Crippen LogP contribution is -2.47. The van der Waals surface area contributed by atoms with E-state index in [1.54, 1.807) is 28.3 Å². The van der Waals surface area contributed by atoms with Crippen molar-refractivity contribution in [3.63, 3.8) is 0 Å². The first-order chi connectivity index (χ1) is 9.97. The van der Waals surface area contributed by atoms with Crippen LogP contribution in [-0.4, -0.2) is 70.7 Å². The zero-order valence-corrected chi connectivity index (χ0v) is 16.3. The third-order valence-corrected chi connectivity index (χ3v) is 9.12. The quantitative estimate of drug-likeness (QED) is 0.260. The van der Waals surface area contributed by atoms with E-state index in [9.17, 15) is 19.5 Å². The Balaban J connectivity index is 2.66. The maximum Gasteiger partial charge on any atom is 0.374 e. The average molecular weight is 374 g/mol. The molecule has 132 valence electrons. The number of rotatable bonds is 8. The third kappa shape index (κ3) is 6.69. The summed E-state index contributed by atoms with van der Waals surface area (Å²) < 4.78 is 15.2. The van der Waals surface area contributed by atoms with Crippen LogP contribution in [0.5, 0.6) is 0 Å². The van der Waals surface area contributed by atoms with Crippen molar-refractivity contribution in [3.05, 3.63) is 0 Å². The van der Waals surface area contributed by atoms with Crippen LogP contribution in [0.25, 0.3) is 0 Å². The van der Waals surface area contributed by atoms with Gasteiger partial charge >= 0.3 is 7.60 Å². The summed E-state index contributed by atoms with van der Waals surface area (Å²) in [6, 6.07) is 0. The Labute approximate surface area is 141 Å². The average Bonchev–Trinajstić information content (AvgIpc) is 2.34. The monoisotopic (exact) mass is 374 g/mol. The van der Waals surface area contributed by atoms with Crippen molar-refractivity contribution in [1.82, 2.24) is 0 Å². The second-order valence-corrected chi connectivity index (χ2v) is 11.9. The fourth-order valence-electron chi connectivity index (χ4n) is 2.65. The Bertz CT molecular complexity index is 398. The minimum atomic E-state index is -4.62. The van der Waals surface area contributed by atoms with Gasteiger partial charge in [-0.2, -0.15) is 0 Å². The van der Waals surface area contributed by atoms with Gasteiger partial charge in [-0.05, 0) is 36.0 Å². The molecule has 0 aromatic heterocycles. The van der Waals surface area contributed by atoms with Gasteiger partial charge in [-0.25, -0.2) is 0 Å². The molecule has 0 amide bonds. The van der Waals surface area contributed by atoms with Gasteiger partial charge in [0.1, 0.15) is 6.54 Å². The van der Waals surface area contributed by atoms with Gasteiger partial charge in [0.05, 0.1) is 21.1 Å². The second kappa shape index (κ2) is 8.21. The van der Waals surface area contributed by atoms with Gasteiger partial charge in [0.2, 0.25) is 0 Å². The number of quaternary nitrogens is 1. The van der Waals surface area contributed by atoms with Gasteiger partial charge in [0.25, 0.3) is 4.67 Å². The minimum absolute atomic E-state index is 0.0107. The number of aliphatic hydroxyl groups is 1. The van der Waals surface area contributed by atoms with E-state index in [0.717, 1.165) is 43.1 Å². The highest BCUT2D eigenvalue weighted by atomic mass is 33.1. The fourth-order valence-corrected chi connectivity index (χ4v) is 7.80. The van der Waals surface area contributed by atoms with E-state index in [4.69, 9.17) is 4.74 Å². The number of likely N-dealkylation sites (N-methyl/N-ethyl adjacent to an activating group) is 1. The molecule has 0 spiro atoms. The molecule has 0 heterocycles. The first-order valence-electron chi connectivity index (χ1n) is 7.39. The first-order valence-corrected chi connectivity index (χ1v) is 11.2. The van der Waals surface area contributed by atoms with Crippen molar-refractivity contribution in [2.45, 2.75) is 35.6 Å². The van der Waals surface area contributed by atoms with E-state index >= 15 is 0 Å². The molecule has 0 aliphatic heterocycles. The van der Waals surface area contributed by atoms with Gasteiger partial charge in [-0.1, -0.05) is 17.2 Å². The molecule has 3 atom stereocenters. The summed E-state index contributed by atoms with van der Waals surface area (Å²) in [7, 11) is 4.84. The maximum atomic E-state index is 11.8. The molecule has 6 nitrogen and oxygen atoms in total. The van der Waals surface area contributed by atoms with Crippen molar-refractivity contribution in [1.29, 1.82) is 0 Å². The highest BCUT2D eigenvalue weighted by Gasteiger charge is 2.51. The SMILES string of the molecule is COCC1CCCC(SSC(O)(C[N+](C)(C)C)P(=O)(O)O)C1. The van der Waals surface area contributed by atoms with Gasteiger partial charge in [-0.3, -0.25) is 4.57 Å². The van der Waals surface area contributed by atoms with Crippen LogP contribution in [-0.2, 0) is 9.30 Å². The summed E-state index contributed by atoms with van der Waals surface area (Å²) in [4.78, 5) is 19.1. The van der Waals surface area contributed by atoms with Crippen molar-refractivity contribution < 1.29 is 28.7 Å². The van der Waals surface area contributed by atoms with Gasteiger partial charge in [0.15, 0.2) is 0 Å². The number of nitrogens with zero attached hydrogens (tertiary/aromatic N) is 1. The smallest absolute Gasteiger partial charge is 0.374 e. The zero-order chi connectivity index (χ0) is 17.0. The van der Waals surface area contributed by atoms with Crippen LogP contribution < -0.4 is 0 Å². The van der Waals surface area contributed by atoms with E-state index in [-0.39, 0.29) is 11.0 Å². The van der Waals surface area contributed by atoms with E-state index < -0.39 is 12.3 Å². The first kappa shape index (κ1) is 20.8. The molecule has 1 aliphatic carbocycles. The molecule has 9 heteroatoms. The summed E-state index contributed by atoms with van der Waals surface area (Å²) in [5, 5.41) is 10.8. The topological polar surface area (TPSA) is 87.0 Å². The Morgan fingerprint density at radius 3 is 2.45 bits per heavy atom. The molecule has 1 fully saturated rings. The molecule has 3 N–H and O–H groups in total. The predicted molar refractivity (Wildman–Crippen MR) is 92.7 cm³/mol. The van der Waals surface area contributed by atoms with Gasteiger partial charge < -0.3 is 24.1 Å². The van der Waals surface area contributed by atoms with Gasteiger partial charge in [0, 0.05) is 19.0 Å². The molecular formula is C13H29NO5PS2+. The minimum Gasteiger partial charge on any atom is -0.384 e. The lowest BCUT2D eigenvalue weighted by Gasteiger charge is -2.36. The van der Waals surface area contributed by atoms with Crippen LogP contribution in [0.1, 0.15) is 25.7 Å². The molecule has 1 aliphatic rings. The van der Waals surface area contributed by atoms with E-state index in [1.165, 1.54) is 10.8 Å². The lowest BCUT2D eigenvalue weighted by atomic mass is 9.89. The van der Waals surface area contributed by atoms with Gasteiger partial charge in [-0.15, -0.1) is 0 Å². The summed E-state index contributed by atoms with van der Waals surface area (Å²) in [6.45, 7) is 0.715. The van der Waals surface area contributed by atoms with Crippen molar-refractivity contribution in [2.24, 2.45) is 5.92 Å². The molecule has 22 heavy (non-hydrogen) atoms. The number of methoxy groups -OCH3 is 1. The maximum absolute atomic E-state index is 11.8. The Morgan fingerprint density at radius 1 is 1.32 bits per heavy atom. The summed E-state index contributed by atoms with van der Waals surface area (Å²) in [5.41, 5.74) is 0. The molecule has 1 rings (SSSR count). The number of ether oxygens (including phenoxy) is 1. The van der Waals surface area contributed by atoms with Crippen LogP contribution in [0.4, 0.5) is 0 Å². The molecule has 0 aromatic rings. The Kier molecular flexibility index (Phi) is 7.75. The van der Waals surface area contributed by atoms with Crippen LogP contribution in [0.15, 0.2) is 0 Å². The van der Waals surface area contributed by atoms with E-state index in [1.807, 2.05) is 0 Å². The normalized spacial score (nSPS) is 26.7. The summed E-state index contributed by atoms with van der Waals surface area (Å²) in [5.74, 6) is 0.499. The number of hydrogen-bond acceptors (Lipinski definition) is 5. The number of hydrogen-bond donors (Lipinski definition) is 3. The fraction of sp³-hybridized carbons (Fsp3) is 1.00. The summed E-state index contributed by atoms with van der Waals surface area (Å²) >= 11 is 0. The Morgan fingerprint density at radius 2 is 1.95 bits per heavy atom. The Hall–Kier alpha value is 0.730. The zero-order valence-electron chi connectivity index (χ0n) is 13.8. The van der Waals surface area contributed by atoms with Crippen LogP contribution >= 0.6 is 29.2 Å². The molecule has 0 aromatic carbocycles. The van der Waals surface area contributed by atoms with E-state index in [2.05, 4.69) is 0 Å². The largest absolute Gasteiger partial charge is 0.384 e. The standard InChI is InChI=1S/C13H28NO5PS2/c1-14(2,3)10-13(15,20(16,17)18)22-21-12-7-5-6-11(8-12)9-19-4/h11-12,15H,5-10H2,1-4H3,(H-,16,17,18)/p+1. The van der Waals surface area contributed by atoms with Crippen LogP contribution in [0.2, 0.25) is 0 Å². The molecule has 3 unspecified atom stereocenters. The van der Waals surface area contributed by atoms with Crippen molar-refractivity contribution in [2.75, 3.05) is 41.4 Å². The summed E-state index contributed by atoms with van der Waals surface area (Å²) in [6.07, 6.45) is 4.21. The van der Waals surface area contributed by atoms with Crippen molar-refractivity contribution in [3.8, 4) is 0 Å². The molecule has 0 saturated heterocycles. The van der Waals surface area contributed by atoms with Crippen molar-refractivity contribution >= 4 is 29.2 Å². The highest BCUT2D eigenvalue weighted by molar-refractivity contribution is 8.78. The molecular weight excluding hydrogens is 345 g/mol. The van der Waals surface area contributed by atoms with Crippen LogP contribution in [0, 0.1) is 5.92 Å². The highest BCUT2D eigenvalue weighted by Crippen LogP contribution is 2.60. The molecule has 0 radical (unpaired) electrons. The second-order valence-electron chi connectivity index (χ2n) is 7.03. The lowest BCUT2D eigenvalue weighted by molar-refractivity contribution is -0.873. The molecule has 1 saturated carbocycles. The van der Waals surface area contributed by atoms with Crippen LogP contribution in [0.3, 0.4) is 0 Å².